The quantitative estimate of drug-likeness (QED) is 0.342. The number of hydrogen-bond acceptors (Lipinski definition) is 4. The molecule has 0 unspecified atom stereocenters. The molecule has 0 spiro atoms. The molecule has 0 aliphatic heterocycles. The van der Waals surface area contributed by atoms with Crippen molar-refractivity contribution in [1.82, 2.24) is 20.2 Å². The molecule has 0 radical (unpaired) electrons. The van der Waals surface area contributed by atoms with Crippen molar-refractivity contribution < 1.29 is 0 Å². The Morgan fingerprint density at radius 1 is 1.15 bits per heavy atom. The van der Waals surface area contributed by atoms with Gasteiger partial charge in [-0.25, -0.2) is 4.98 Å². The summed E-state index contributed by atoms with van der Waals surface area (Å²) < 4.78 is 0. The normalized spacial score (nSPS) is 11.3. The number of benzene rings is 1. The van der Waals surface area contributed by atoms with Gasteiger partial charge in [0.15, 0.2) is 5.96 Å². The minimum Gasteiger partial charge on any atom is -0.356 e. The Bertz CT molecular complexity index is 877. The van der Waals surface area contributed by atoms with Crippen LogP contribution in [0.3, 0.4) is 0 Å². The van der Waals surface area contributed by atoms with Gasteiger partial charge in [-0.3, -0.25) is 9.98 Å². The third kappa shape index (κ3) is 5.38. The van der Waals surface area contributed by atoms with Crippen LogP contribution in [0.25, 0.3) is 10.9 Å². The van der Waals surface area contributed by atoms with Gasteiger partial charge in [0.25, 0.3) is 0 Å². The van der Waals surface area contributed by atoms with Gasteiger partial charge in [-0.1, -0.05) is 24.3 Å². The van der Waals surface area contributed by atoms with Crippen LogP contribution in [0.2, 0.25) is 0 Å². The molecule has 138 valence electrons. The highest BCUT2D eigenvalue weighted by atomic mass is 127. The van der Waals surface area contributed by atoms with E-state index >= 15 is 0 Å². The van der Waals surface area contributed by atoms with Gasteiger partial charge in [0, 0.05) is 43.5 Å². The number of pyridine rings is 1. The zero-order chi connectivity index (χ0) is 17.6. The smallest absolute Gasteiger partial charge is 0.193 e. The van der Waals surface area contributed by atoms with E-state index in [-0.39, 0.29) is 24.0 Å². The van der Waals surface area contributed by atoms with Crippen LogP contribution in [-0.2, 0) is 13.0 Å². The highest BCUT2D eigenvalue weighted by Crippen LogP contribution is 2.12. The number of aryl methyl sites for hydroxylation is 1. The molecule has 3 aromatic rings. The average Bonchev–Trinajstić information content (AvgIpc) is 3.03. The minimum absolute atomic E-state index is 0. The highest BCUT2D eigenvalue weighted by molar-refractivity contribution is 14.0. The number of nitrogens with one attached hydrogen (secondary N) is 1. The first kappa shape index (κ1) is 20.6. The van der Waals surface area contributed by atoms with Gasteiger partial charge < -0.3 is 10.2 Å². The molecule has 0 aliphatic rings. The van der Waals surface area contributed by atoms with Crippen molar-refractivity contribution in [3.05, 3.63) is 58.2 Å². The third-order valence-corrected chi connectivity index (χ3v) is 4.78. The van der Waals surface area contributed by atoms with Crippen molar-refractivity contribution in [2.45, 2.75) is 19.9 Å². The van der Waals surface area contributed by atoms with Gasteiger partial charge >= 0.3 is 0 Å². The molecule has 0 saturated carbocycles. The summed E-state index contributed by atoms with van der Waals surface area (Å²) in [5.41, 5.74) is 3.20. The van der Waals surface area contributed by atoms with Crippen LogP contribution in [0.1, 0.15) is 16.4 Å². The Kier molecular flexibility index (Phi) is 7.77. The van der Waals surface area contributed by atoms with Gasteiger partial charge in [-0.05, 0) is 19.1 Å². The summed E-state index contributed by atoms with van der Waals surface area (Å²) in [5, 5.41) is 7.77. The van der Waals surface area contributed by atoms with Crippen LogP contribution in [0.15, 0.2) is 46.8 Å². The van der Waals surface area contributed by atoms with E-state index in [9.17, 15) is 0 Å². The maximum atomic E-state index is 4.71. The van der Waals surface area contributed by atoms with Crippen molar-refractivity contribution in [2.24, 2.45) is 4.99 Å². The van der Waals surface area contributed by atoms with Crippen molar-refractivity contribution in [3.8, 4) is 0 Å². The van der Waals surface area contributed by atoms with Crippen LogP contribution in [0, 0.1) is 6.92 Å². The maximum absolute atomic E-state index is 4.71. The predicted octanol–water partition coefficient (Wildman–Crippen LogP) is 3.87. The summed E-state index contributed by atoms with van der Waals surface area (Å²) in [6.07, 6.45) is 0.855. The fraction of sp³-hybridized carbons (Fsp3) is 0.316. The van der Waals surface area contributed by atoms with E-state index < -0.39 is 0 Å². The summed E-state index contributed by atoms with van der Waals surface area (Å²) >= 11 is 1.68. The first-order valence-corrected chi connectivity index (χ1v) is 9.21. The minimum atomic E-state index is 0. The lowest BCUT2D eigenvalue weighted by molar-refractivity contribution is 0.471. The molecule has 1 N–H and O–H groups in total. The number of aliphatic imine (C=N–C) groups is 1. The molecule has 26 heavy (non-hydrogen) atoms. The number of para-hydroxylation sites is 1. The number of rotatable bonds is 5. The van der Waals surface area contributed by atoms with Crippen LogP contribution in [-0.4, -0.2) is 41.5 Å². The van der Waals surface area contributed by atoms with E-state index in [4.69, 9.17) is 4.98 Å². The Labute approximate surface area is 175 Å². The monoisotopic (exact) mass is 481 g/mol. The summed E-state index contributed by atoms with van der Waals surface area (Å²) in [4.78, 5) is 15.7. The zero-order valence-corrected chi connectivity index (χ0v) is 18.4. The van der Waals surface area contributed by atoms with Gasteiger partial charge in [0.05, 0.1) is 22.8 Å². The SMILES string of the molecule is CN=C(NCCc1ccc2ccccc2n1)N(C)Cc1csc(C)n1.I. The van der Waals surface area contributed by atoms with E-state index in [1.165, 1.54) is 5.39 Å². The molecule has 7 heteroatoms. The Hall–Kier alpha value is -1.74. The van der Waals surface area contributed by atoms with Gasteiger partial charge in [0.2, 0.25) is 0 Å². The Morgan fingerprint density at radius 2 is 1.96 bits per heavy atom. The molecule has 3 rings (SSSR count). The Balaban J connectivity index is 0.00000243. The maximum Gasteiger partial charge on any atom is 0.193 e. The molecule has 0 bridgehead atoms. The molecule has 0 atom stereocenters. The van der Waals surface area contributed by atoms with Gasteiger partial charge in [-0.2, -0.15) is 0 Å². The molecule has 2 heterocycles. The summed E-state index contributed by atoms with van der Waals surface area (Å²) in [7, 11) is 3.83. The van der Waals surface area contributed by atoms with Crippen LogP contribution in [0.5, 0.6) is 0 Å². The van der Waals surface area contributed by atoms with Gasteiger partial charge in [0.1, 0.15) is 0 Å². The van der Waals surface area contributed by atoms with E-state index in [0.717, 1.165) is 47.4 Å². The predicted molar refractivity (Wildman–Crippen MR) is 121 cm³/mol. The van der Waals surface area contributed by atoms with E-state index in [1.54, 1.807) is 18.4 Å². The number of aromatic nitrogens is 2. The zero-order valence-electron chi connectivity index (χ0n) is 15.3. The first-order chi connectivity index (χ1) is 12.2. The second-order valence-electron chi connectivity index (χ2n) is 5.93. The fourth-order valence-corrected chi connectivity index (χ4v) is 3.34. The number of fused-ring (bicyclic) bond motifs is 1. The van der Waals surface area contributed by atoms with Gasteiger partial charge in [-0.15, -0.1) is 35.3 Å². The van der Waals surface area contributed by atoms with Crippen molar-refractivity contribution in [3.63, 3.8) is 0 Å². The van der Waals surface area contributed by atoms with Crippen molar-refractivity contribution in [1.29, 1.82) is 0 Å². The van der Waals surface area contributed by atoms with Crippen molar-refractivity contribution >= 4 is 52.2 Å². The molecule has 0 amide bonds. The molecule has 0 fully saturated rings. The second-order valence-corrected chi connectivity index (χ2v) is 7.00. The van der Waals surface area contributed by atoms with Crippen LogP contribution in [0.4, 0.5) is 0 Å². The lowest BCUT2D eigenvalue weighted by Crippen LogP contribution is -2.39. The highest BCUT2D eigenvalue weighted by Gasteiger charge is 2.08. The van der Waals surface area contributed by atoms with E-state index in [1.807, 2.05) is 26.1 Å². The van der Waals surface area contributed by atoms with Crippen molar-refractivity contribution in [2.75, 3.05) is 20.6 Å². The van der Waals surface area contributed by atoms with E-state index in [2.05, 4.69) is 49.8 Å². The third-order valence-electron chi connectivity index (χ3n) is 3.96. The lowest BCUT2D eigenvalue weighted by Gasteiger charge is -2.21. The number of hydrogen-bond donors (Lipinski definition) is 1. The standard InChI is InChI=1S/C19H23N5S.HI/c1-14-22-17(13-25-14)12-24(3)19(20-2)21-11-10-16-9-8-15-6-4-5-7-18(15)23-16;/h4-9,13H,10-12H2,1-3H3,(H,20,21);1H. The summed E-state index contributed by atoms with van der Waals surface area (Å²) in [5.74, 6) is 0.867. The number of nitrogens with zero attached hydrogens (tertiary/aromatic N) is 4. The topological polar surface area (TPSA) is 53.4 Å². The summed E-state index contributed by atoms with van der Waals surface area (Å²) in [6.45, 7) is 3.56. The molecule has 2 aromatic heterocycles. The molecule has 1 aromatic carbocycles. The molecular formula is C19H24IN5S. The first-order valence-electron chi connectivity index (χ1n) is 8.33. The fourth-order valence-electron chi connectivity index (χ4n) is 2.73. The average molecular weight is 481 g/mol. The van der Waals surface area contributed by atoms with Crippen LogP contribution < -0.4 is 5.32 Å². The largest absolute Gasteiger partial charge is 0.356 e. The summed E-state index contributed by atoms with van der Waals surface area (Å²) in [6, 6.07) is 12.4. The Morgan fingerprint density at radius 3 is 2.69 bits per heavy atom. The number of thiazole rings is 1. The molecule has 0 aliphatic carbocycles. The number of guanidine groups is 1. The van der Waals surface area contributed by atoms with Crippen LogP contribution >= 0.6 is 35.3 Å². The lowest BCUT2D eigenvalue weighted by atomic mass is 10.2. The number of halogens is 1. The second kappa shape index (κ2) is 9.82. The molecule has 0 saturated heterocycles. The van der Waals surface area contributed by atoms with E-state index in [0.29, 0.717) is 0 Å². The molecule has 5 nitrogen and oxygen atoms in total. The molecular weight excluding hydrogens is 457 g/mol.